The van der Waals surface area contributed by atoms with Gasteiger partial charge in [0.05, 0.1) is 5.69 Å². The normalized spacial score (nSPS) is 14.7. The first-order chi connectivity index (χ1) is 14.1. The van der Waals surface area contributed by atoms with Crippen molar-refractivity contribution in [1.82, 2.24) is 29.9 Å². The van der Waals surface area contributed by atoms with Crippen molar-refractivity contribution in [1.29, 1.82) is 0 Å². The van der Waals surface area contributed by atoms with Crippen molar-refractivity contribution < 1.29 is 14.0 Å². The van der Waals surface area contributed by atoms with E-state index in [1.807, 2.05) is 0 Å². The molecule has 0 atom stereocenters. The van der Waals surface area contributed by atoms with Crippen LogP contribution in [-0.4, -0.2) is 54.8 Å². The Morgan fingerprint density at radius 3 is 2.76 bits per heavy atom. The number of aromatic nitrogens is 5. The molecule has 1 aliphatic heterocycles. The molecule has 29 heavy (non-hydrogen) atoms. The number of hydrogen-bond donors (Lipinski definition) is 2. The van der Waals surface area contributed by atoms with Gasteiger partial charge in [-0.05, 0) is 31.0 Å². The zero-order valence-corrected chi connectivity index (χ0v) is 15.6. The fraction of sp³-hybridized carbons (Fsp3) is 0.316. The number of aromatic amines is 1. The summed E-state index contributed by atoms with van der Waals surface area (Å²) in [6.07, 6.45) is 4.44. The summed E-state index contributed by atoms with van der Waals surface area (Å²) >= 11 is 0. The molecule has 150 valence electrons. The molecule has 1 saturated heterocycles. The van der Waals surface area contributed by atoms with Crippen LogP contribution in [0.15, 0.2) is 43.0 Å². The topological polar surface area (TPSA) is 109 Å². The zero-order valence-electron chi connectivity index (χ0n) is 15.6. The van der Waals surface area contributed by atoms with Gasteiger partial charge in [-0.25, -0.2) is 14.1 Å². The van der Waals surface area contributed by atoms with E-state index in [0.29, 0.717) is 13.1 Å². The molecule has 9 nitrogen and oxygen atoms in total. The first-order valence-corrected chi connectivity index (χ1v) is 9.31. The predicted molar refractivity (Wildman–Crippen MR) is 102 cm³/mol. The van der Waals surface area contributed by atoms with Crippen LogP contribution in [0, 0.1) is 5.82 Å². The average Bonchev–Trinajstić information content (AvgIpc) is 3.42. The summed E-state index contributed by atoms with van der Waals surface area (Å²) in [5.74, 6) is -0.797. The Hall–Kier alpha value is -3.56. The number of carbonyl (C=O) groups excluding carboxylic acids is 2. The summed E-state index contributed by atoms with van der Waals surface area (Å²) in [7, 11) is 0. The molecule has 0 aliphatic carbocycles. The predicted octanol–water partition coefficient (Wildman–Crippen LogP) is 1.80. The summed E-state index contributed by atoms with van der Waals surface area (Å²) in [5.41, 5.74) is 1.15. The number of halogens is 1. The smallest absolute Gasteiger partial charge is 0.276 e. The average molecular weight is 397 g/mol. The highest BCUT2D eigenvalue weighted by atomic mass is 19.1. The Labute approximate surface area is 165 Å². The van der Waals surface area contributed by atoms with E-state index < -0.39 is 11.7 Å². The van der Waals surface area contributed by atoms with E-state index in [-0.39, 0.29) is 29.8 Å². The molecule has 2 aromatic heterocycles. The molecule has 4 rings (SSSR count). The maximum Gasteiger partial charge on any atom is 0.276 e. The lowest BCUT2D eigenvalue weighted by Gasteiger charge is -2.31. The molecule has 10 heteroatoms. The molecule has 0 unspecified atom stereocenters. The largest absolute Gasteiger partial charge is 0.341 e. The standard InChI is InChI=1S/C19H20FN7O2/c20-14-3-1-2-4-15(14)23-19(29)17-9-16(24-25-17)13-5-7-26(8-6-13)18(28)10-27-12-21-11-22-27/h1-4,9,11-13H,5-8,10H2,(H,23,29)(H,24,25). The van der Waals surface area contributed by atoms with Gasteiger partial charge in [0.15, 0.2) is 5.69 Å². The molecule has 0 bridgehead atoms. The molecule has 3 aromatic rings. The van der Waals surface area contributed by atoms with Gasteiger partial charge in [0.2, 0.25) is 5.91 Å². The van der Waals surface area contributed by atoms with Crippen LogP contribution in [0.2, 0.25) is 0 Å². The highest BCUT2D eigenvalue weighted by Gasteiger charge is 2.26. The Bertz CT molecular complexity index is 994. The van der Waals surface area contributed by atoms with Gasteiger partial charge in [-0.3, -0.25) is 14.7 Å². The molecule has 1 fully saturated rings. The number of nitrogens with one attached hydrogen (secondary N) is 2. The third kappa shape index (κ3) is 4.31. The van der Waals surface area contributed by atoms with Crippen molar-refractivity contribution in [3.8, 4) is 0 Å². The first kappa shape index (κ1) is 18.8. The summed E-state index contributed by atoms with van der Waals surface area (Å²) in [6, 6.07) is 7.66. The highest BCUT2D eigenvalue weighted by molar-refractivity contribution is 6.02. The number of H-pyrrole nitrogens is 1. The van der Waals surface area contributed by atoms with E-state index >= 15 is 0 Å². The van der Waals surface area contributed by atoms with Gasteiger partial charge in [-0.15, -0.1) is 0 Å². The minimum Gasteiger partial charge on any atom is -0.341 e. The van der Waals surface area contributed by atoms with Crippen LogP contribution in [0.25, 0.3) is 0 Å². The number of piperidine rings is 1. The molecule has 3 heterocycles. The molecule has 0 saturated carbocycles. The number of rotatable bonds is 5. The van der Waals surface area contributed by atoms with Crippen LogP contribution in [0.3, 0.4) is 0 Å². The Morgan fingerprint density at radius 2 is 2.03 bits per heavy atom. The van der Waals surface area contributed by atoms with Gasteiger partial charge in [0.1, 0.15) is 25.0 Å². The van der Waals surface area contributed by atoms with Crippen LogP contribution in [0.4, 0.5) is 10.1 Å². The number of anilines is 1. The Morgan fingerprint density at radius 1 is 1.24 bits per heavy atom. The minimum absolute atomic E-state index is 0.00325. The van der Waals surface area contributed by atoms with Gasteiger partial charge < -0.3 is 10.2 Å². The Balaban J connectivity index is 1.33. The van der Waals surface area contributed by atoms with Crippen LogP contribution >= 0.6 is 0 Å². The summed E-state index contributed by atoms with van der Waals surface area (Å²) in [6.45, 7) is 1.41. The third-order valence-electron chi connectivity index (χ3n) is 5.00. The SMILES string of the molecule is O=C(Nc1ccccc1F)c1cc(C2CCN(C(=O)Cn3cncn3)CC2)[nH]n1. The number of para-hydroxylation sites is 1. The van der Waals surface area contributed by atoms with Crippen molar-refractivity contribution in [2.24, 2.45) is 0 Å². The monoisotopic (exact) mass is 397 g/mol. The second kappa shape index (κ2) is 8.21. The third-order valence-corrected chi connectivity index (χ3v) is 5.00. The van der Waals surface area contributed by atoms with Crippen molar-refractivity contribution >= 4 is 17.5 Å². The summed E-state index contributed by atoms with van der Waals surface area (Å²) in [5, 5.41) is 13.4. The lowest BCUT2D eigenvalue weighted by Crippen LogP contribution is -2.39. The molecule has 2 amide bonds. The van der Waals surface area contributed by atoms with Crippen LogP contribution < -0.4 is 5.32 Å². The quantitative estimate of drug-likeness (QED) is 0.682. The van der Waals surface area contributed by atoms with E-state index in [9.17, 15) is 14.0 Å². The second-order valence-electron chi connectivity index (χ2n) is 6.89. The maximum absolute atomic E-state index is 13.7. The lowest BCUT2D eigenvalue weighted by molar-refractivity contribution is -0.133. The number of amides is 2. The zero-order chi connectivity index (χ0) is 20.2. The molecule has 1 aliphatic rings. The van der Waals surface area contributed by atoms with Gasteiger partial charge in [0, 0.05) is 24.7 Å². The molecule has 1 aromatic carbocycles. The van der Waals surface area contributed by atoms with Crippen LogP contribution in [-0.2, 0) is 11.3 Å². The summed E-state index contributed by atoms with van der Waals surface area (Å²) < 4.78 is 15.2. The fourth-order valence-corrected chi connectivity index (χ4v) is 3.40. The number of benzene rings is 1. The molecular formula is C19H20FN7O2. The van der Waals surface area contributed by atoms with E-state index in [1.54, 1.807) is 23.1 Å². The highest BCUT2D eigenvalue weighted by Crippen LogP contribution is 2.27. The van der Waals surface area contributed by atoms with Gasteiger partial charge in [-0.2, -0.15) is 10.2 Å². The van der Waals surface area contributed by atoms with Gasteiger partial charge >= 0.3 is 0 Å². The minimum atomic E-state index is -0.500. The molecule has 0 spiro atoms. The van der Waals surface area contributed by atoms with Crippen LogP contribution in [0.5, 0.6) is 0 Å². The lowest BCUT2D eigenvalue weighted by atomic mass is 9.93. The Kier molecular flexibility index (Phi) is 5.32. The van der Waals surface area contributed by atoms with Crippen molar-refractivity contribution in [3.05, 3.63) is 60.2 Å². The van der Waals surface area contributed by atoms with E-state index in [0.717, 1.165) is 18.5 Å². The van der Waals surface area contributed by atoms with Gasteiger partial charge in [-0.1, -0.05) is 12.1 Å². The van der Waals surface area contributed by atoms with Crippen molar-refractivity contribution in [3.63, 3.8) is 0 Å². The molecule has 2 N–H and O–H groups in total. The molecular weight excluding hydrogens is 377 g/mol. The summed E-state index contributed by atoms with van der Waals surface area (Å²) in [4.78, 5) is 30.3. The first-order valence-electron chi connectivity index (χ1n) is 9.31. The number of nitrogens with zero attached hydrogens (tertiary/aromatic N) is 5. The second-order valence-corrected chi connectivity index (χ2v) is 6.89. The molecule has 0 radical (unpaired) electrons. The number of likely N-dealkylation sites (tertiary alicyclic amines) is 1. The van der Waals surface area contributed by atoms with Crippen molar-refractivity contribution in [2.75, 3.05) is 18.4 Å². The van der Waals surface area contributed by atoms with E-state index in [4.69, 9.17) is 0 Å². The fourth-order valence-electron chi connectivity index (χ4n) is 3.40. The van der Waals surface area contributed by atoms with E-state index in [1.165, 1.54) is 29.5 Å². The van der Waals surface area contributed by atoms with Crippen LogP contribution in [0.1, 0.15) is 34.9 Å². The number of hydrogen-bond acceptors (Lipinski definition) is 5. The number of carbonyl (C=O) groups is 2. The van der Waals surface area contributed by atoms with Crippen molar-refractivity contribution in [2.45, 2.75) is 25.3 Å². The maximum atomic E-state index is 13.7. The van der Waals surface area contributed by atoms with Gasteiger partial charge in [0.25, 0.3) is 5.91 Å². The van der Waals surface area contributed by atoms with E-state index in [2.05, 4.69) is 25.6 Å².